The van der Waals surface area contributed by atoms with E-state index in [2.05, 4.69) is 37.5 Å². The number of carboxylic acid groups (broad SMARTS) is 1. The van der Waals surface area contributed by atoms with Crippen molar-refractivity contribution in [2.24, 2.45) is 23.7 Å². The van der Waals surface area contributed by atoms with Gasteiger partial charge in [-0.3, -0.25) is 14.4 Å². The topological polar surface area (TPSA) is 95.5 Å². The number of carbonyl (C=O) groups excluding carboxylic acids is 2. The van der Waals surface area contributed by atoms with Gasteiger partial charge in [0.1, 0.15) is 0 Å². The highest BCUT2D eigenvalue weighted by molar-refractivity contribution is 5.80. The summed E-state index contributed by atoms with van der Waals surface area (Å²) in [6.45, 7) is 6.99. The van der Waals surface area contributed by atoms with Crippen molar-refractivity contribution in [3.05, 3.63) is 11.6 Å². The molecule has 0 aliphatic heterocycles. The van der Waals surface area contributed by atoms with E-state index < -0.39 is 5.97 Å². The molecule has 0 aromatic rings. The zero-order valence-electron chi connectivity index (χ0n) is 17.5. The van der Waals surface area contributed by atoms with Crippen molar-refractivity contribution in [2.45, 2.75) is 78.2 Å². The molecule has 2 aliphatic carbocycles. The molecule has 3 unspecified atom stereocenters. The molecule has 0 saturated heterocycles. The summed E-state index contributed by atoms with van der Waals surface area (Å²) in [5.74, 6) is 0.318. The minimum atomic E-state index is -0.956. The molecule has 2 aliphatic rings. The second-order valence-corrected chi connectivity index (χ2v) is 8.87. The fraction of sp³-hybridized carbons (Fsp3) is 0.773. The molecule has 0 heterocycles. The van der Waals surface area contributed by atoms with Crippen LogP contribution in [0.1, 0.15) is 72.1 Å². The third-order valence-electron chi connectivity index (χ3n) is 6.34. The summed E-state index contributed by atoms with van der Waals surface area (Å²) in [5.41, 5.74) is 1.23. The quantitative estimate of drug-likeness (QED) is 0.525. The lowest BCUT2D eigenvalue weighted by atomic mass is 9.69. The van der Waals surface area contributed by atoms with Crippen LogP contribution in [0.2, 0.25) is 0 Å². The van der Waals surface area contributed by atoms with Crippen LogP contribution in [0.5, 0.6) is 0 Å². The van der Waals surface area contributed by atoms with E-state index in [1.807, 2.05) is 0 Å². The molecule has 2 amide bonds. The maximum atomic E-state index is 12.5. The number of hydrogen-bond donors (Lipinski definition) is 3. The van der Waals surface area contributed by atoms with Crippen LogP contribution in [0.3, 0.4) is 0 Å². The van der Waals surface area contributed by atoms with Crippen LogP contribution in [0.4, 0.5) is 0 Å². The Kier molecular flexibility index (Phi) is 8.52. The van der Waals surface area contributed by atoms with Crippen LogP contribution in [0, 0.1) is 23.7 Å². The number of nitrogens with one attached hydrogen (secondary N) is 2. The van der Waals surface area contributed by atoms with Gasteiger partial charge in [-0.05, 0) is 49.9 Å². The SMILES string of the molecule is CC1=CC(CNC(=O)CCC(=O)O)C(C(C)C)CC1CC(=O)NC1CCCC1. The van der Waals surface area contributed by atoms with Gasteiger partial charge in [-0.15, -0.1) is 0 Å². The van der Waals surface area contributed by atoms with E-state index in [0.29, 0.717) is 30.8 Å². The van der Waals surface area contributed by atoms with Crippen molar-refractivity contribution in [1.82, 2.24) is 10.6 Å². The van der Waals surface area contributed by atoms with Gasteiger partial charge < -0.3 is 15.7 Å². The number of allylic oxidation sites excluding steroid dienone is 1. The average molecular weight is 393 g/mol. The average Bonchev–Trinajstić information content (AvgIpc) is 3.12. The summed E-state index contributed by atoms with van der Waals surface area (Å²) in [6.07, 6.45) is 8.21. The van der Waals surface area contributed by atoms with Gasteiger partial charge >= 0.3 is 5.97 Å². The molecule has 1 fully saturated rings. The monoisotopic (exact) mass is 392 g/mol. The molecular weight excluding hydrogens is 356 g/mol. The molecule has 2 rings (SSSR count). The third kappa shape index (κ3) is 6.95. The Labute approximate surface area is 168 Å². The number of amides is 2. The van der Waals surface area contributed by atoms with E-state index in [9.17, 15) is 14.4 Å². The van der Waals surface area contributed by atoms with Crippen LogP contribution >= 0.6 is 0 Å². The first-order valence-corrected chi connectivity index (χ1v) is 10.7. The van der Waals surface area contributed by atoms with E-state index in [1.165, 1.54) is 18.4 Å². The summed E-state index contributed by atoms with van der Waals surface area (Å²) in [7, 11) is 0. The van der Waals surface area contributed by atoms with Crippen LogP contribution in [0.25, 0.3) is 0 Å². The van der Waals surface area contributed by atoms with Gasteiger partial charge in [0.25, 0.3) is 0 Å². The molecule has 0 aromatic carbocycles. The Hall–Kier alpha value is -1.85. The summed E-state index contributed by atoms with van der Waals surface area (Å²) >= 11 is 0. The Morgan fingerprint density at radius 1 is 1.14 bits per heavy atom. The second-order valence-electron chi connectivity index (χ2n) is 8.87. The second kappa shape index (κ2) is 10.6. The predicted octanol–water partition coefficient (Wildman–Crippen LogP) is 3.27. The lowest BCUT2D eigenvalue weighted by molar-refractivity contribution is -0.138. The molecule has 3 N–H and O–H groups in total. The molecule has 0 aromatic heterocycles. The summed E-state index contributed by atoms with van der Waals surface area (Å²) in [5, 5.41) is 14.8. The Balaban J connectivity index is 1.91. The first kappa shape index (κ1) is 22.4. The Bertz CT molecular complexity index is 593. The minimum absolute atomic E-state index is 0.0149. The third-order valence-corrected chi connectivity index (χ3v) is 6.34. The Morgan fingerprint density at radius 2 is 1.82 bits per heavy atom. The predicted molar refractivity (Wildman–Crippen MR) is 109 cm³/mol. The Morgan fingerprint density at radius 3 is 2.43 bits per heavy atom. The molecule has 28 heavy (non-hydrogen) atoms. The molecular formula is C22H36N2O4. The smallest absolute Gasteiger partial charge is 0.303 e. The van der Waals surface area contributed by atoms with E-state index in [1.54, 1.807) is 0 Å². The molecule has 0 spiro atoms. The van der Waals surface area contributed by atoms with Gasteiger partial charge in [0.05, 0.1) is 6.42 Å². The van der Waals surface area contributed by atoms with E-state index in [0.717, 1.165) is 19.3 Å². The lowest BCUT2D eigenvalue weighted by Gasteiger charge is -2.37. The summed E-state index contributed by atoms with van der Waals surface area (Å²) in [4.78, 5) is 34.9. The molecule has 1 saturated carbocycles. The molecule has 3 atom stereocenters. The number of aliphatic carboxylic acids is 1. The van der Waals surface area contributed by atoms with Gasteiger partial charge in [0.15, 0.2) is 0 Å². The maximum absolute atomic E-state index is 12.5. The first-order valence-electron chi connectivity index (χ1n) is 10.7. The zero-order valence-corrected chi connectivity index (χ0v) is 17.5. The van der Waals surface area contributed by atoms with Crippen LogP contribution in [-0.2, 0) is 14.4 Å². The maximum Gasteiger partial charge on any atom is 0.303 e. The van der Waals surface area contributed by atoms with E-state index in [4.69, 9.17) is 5.11 Å². The largest absolute Gasteiger partial charge is 0.481 e. The number of hydrogen-bond acceptors (Lipinski definition) is 3. The van der Waals surface area contributed by atoms with Crippen molar-refractivity contribution >= 4 is 17.8 Å². The molecule has 6 heteroatoms. The normalized spacial score (nSPS) is 25.4. The number of carboxylic acids is 1. The van der Waals surface area contributed by atoms with Gasteiger partial charge in [-0.25, -0.2) is 0 Å². The highest BCUT2D eigenvalue weighted by atomic mass is 16.4. The van der Waals surface area contributed by atoms with Crippen molar-refractivity contribution in [3.8, 4) is 0 Å². The van der Waals surface area contributed by atoms with Crippen molar-refractivity contribution in [1.29, 1.82) is 0 Å². The highest BCUT2D eigenvalue weighted by Gasteiger charge is 2.33. The molecule has 0 radical (unpaired) electrons. The van der Waals surface area contributed by atoms with E-state index in [-0.39, 0.29) is 36.5 Å². The van der Waals surface area contributed by atoms with Gasteiger partial charge in [-0.2, -0.15) is 0 Å². The van der Waals surface area contributed by atoms with Gasteiger partial charge in [-0.1, -0.05) is 38.3 Å². The molecule has 158 valence electrons. The fourth-order valence-corrected chi connectivity index (χ4v) is 4.63. The highest BCUT2D eigenvalue weighted by Crippen LogP contribution is 2.38. The number of rotatable bonds is 9. The van der Waals surface area contributed by atoms with Crippen LogP contribution in [0.15, 0.2) is 11.6 Å². The lowest BCUT2D eigenvalue weighted by Crippen LogP contribution is -2.38. The fourth-order valence-electron chi connectivity index (χ4n) is 4.63. The number of carbonyl (C=O) groups is 3. The van der Waals surface area contributed by atoms with Crippen molar-refractivity contribution < 1.29 is 19.5 Å². The summed E-state index contributed by atoms with van der Waals surface area (Å²) < 4.78 is 0. The zero-order chi connectivity index (χ0) is 20.7. The minimum Gasteiger partial charge on any atom is -0.481 e. The van der Waals surface area contributed by atoms with Crippen molar-refractivity contribution in [3.63, 3.8) is 0 Å². The van der Waals surface area contributed by atoms with Crippen molar-refractivity contribution in [2.75, 3.05) is 6.54 Å². The molecule has 0 bridgehead atoms. The summed E-state index contributed by atoms with van der Waals surface area (Å²) in [6, 6.07) is 0.357. The van der Waals surface area contributed by atoms with Gasteiger partial charge in [0, 0.05) is 25.4 Å². The molecule has 6 nitrogen and oxygen atoms in total. The first-order chi connectivity index (χ1) is 13.3. The van der Waals surface area contributed by atoms with Crippen LogP contribution in [-0.4, -0.2) is 35.5 Å². The van der Waals surface area contributed by atoms with Gasteiger partial charge in [0.2, 0.25) is 11.8 Å². The standard InChI is InChI=1S/C22H36N2O4/c1-14(2)19-11-16(12-21(26)24-18-6-4-5-7-18)15(3)10-17(19)13-23-20(25)8-9-22(27)28/h10,14,16-19H,4-9,11-13H2,1-3H3,(H,23,25)(H,24,26)(H,27,28). The van der Waals surface area contributed by atoms with E-state index >= 15 is 0 Å². The van der Waals surface area contributed by atoms with Crippen LogP contribution < -0.4 is 10.6 Å².